The average Bonchev–Trinajstić information content (AvgIpc) is 3.57. The van der Waals surface area contributed by atoms with E-state index in [0.29, 0.717) is 23.6 Å². The first-order valence-electron chi connectivity index (χ1n) is 13.0. The summed E-state index contributed by atoms with van der Waals surface area (Å²) in [7, 11) is 1.92. The molecule has 1 aromatic carbocycles. The number of azo groups is 1. The quantitative estimate of drug-likeness (QED) is 0.354. The number of fused-ring (bicyclic) bond motifs is 1. The molecule has 6 rings (SSSR count). The van der Waals surface area contributed by atoms with E-state index in [9.17, 15) is 18.0 Å². The maximum absolute atomic E-state index is 14.1. The number of likely N-dealkylation sites (tertiary alicyclic amines) is 1. The van der Waals surface area contributed by atoms with Crippen LogP contribution in [0.1, 0.15) is 55.1 Å². The van der Waals surface area contributed by atoms with Gasteiger partial charge in [0.05, 0.1) is 35.3 Å². The smallest absolute Gasteiger partial charge is 0.299 e. The third-order valence-corrected chi connectivity index (χ3v) is 8.17. The molecule has 1 unspecified atom stereocenters. The third-order valence-electron chi connectivity index (χ3n) is 8.17. The van der Waals surface area contributed by atoms with Gasteiger partial charge in [-0.05, 0) is 78.7 Å². The second-order valence-electron chi connectivity index (χ2n) is 10.6. The number of alkyl halides is 3. The van der Waals surface area contributed by atoms with Gasteiger partial charge in [0, 0.05) is 12.7 Å². The summed E-state index contributed by atoms with van der Waals surface area (Å²) in [6.07, 6.45) is 7.74. The number of likely N-dealkylation sites (N-methyl/N-ethyl adjacent to an activating group) is 1. The molecular weight excluding hydrogens is 498 g/mol. The molecule has 1 aromatic rings. The van der Waals surface area contributed by atoms with E-state index in [1.807, 2.05) is 35.9 Å². The fourth-order valence-electron chi connectivity index (χ4n) is 6.07. The van der Waals surface area contributed by atoms with Crippen molar-refractivity contribution >= 4 is 12.2 Å². The summed E-state index contributed by atoms with van der Waals surface area (Å²) in [5.41, 5.74) is 1.42. The van der Waals surface area contributed by atoms with Crippen LogP contribution in [0, 0.1) is 12.1 Å². The molecule has 201 valence electrons. The molecule has 0 N–H and O–H groups in total. The SMILES string of the molecule is C[N+]1=CN=N[C]1[C@@H](c1cccc(C2C=C3C(C(F)(F)F)=CC(CN4CCCC4)=CN3C2=O)c1)C1CCC1.F. The van der Waals surface area contributed by atoms with Crippen molar-refractivity contribution in [3.63, 3.8) is 0 Å². The lowest BCUT2D eigenvalue weighted by atomic mass is 9.71. The number of hydrogen-bond acceptors (Lipinski definition) is 4. The van der Waals surface area contributed by atoms with Gasteiger partial charge < -0.3 is 0 Å². The number of benzene rings is 1. The van der Waals surface area contributed by atoms with Gasteiger partial charge in [0.1, 0.15) is 0 Å². The summed E-state index contributed by atoms with van der Waals surface area (Å²) in [4.78, 5) is 16.9. The fourth-order valence-corrected chi connectivity index (χ4v) is 6.07. The van der Waals surface area contributed by atoms with Crippen LogP contribution in [0.2, 0.25) is 0 Å². The second-order valence-corrected chi connectivity index (χ2v) is 10.6. The summed E-state index contributed by atoms with van der Waals surface area (Å²) in [5, 5.41) is 8.43. The standard InChI is InChI=1S/C28H30F3N5O.FH/c1-34-17-32-33-26(34)25(19-6-4-7-19)21-9-5-8-20(13-21)22-14-24-23(28(29,30)31)12-18(16-36(24)27(22)37)15-35-10-2-3-11-35;/h5,8-9,12-14,16-17,19,22,25H,2-4,6-7,10-11,15H2,1H3;1H/q+1;/t22?,25-;/m1./s1. The maximum atomic E-state index is 14.1. The van der Waals surface area contributed by atoms with Gasteiger partial charge in [-0.3, -0.25) is 19.3 Å². The maximum Gasteiger partial charge on any atom is 0.418 e. The van der Waals surface area contributed by atoms with Gasteiger partial charge >= 0.3 is 18.7 Å². The minimum absolute atomic E-state index is 0. The van der Waals surface area contributed by atoms with Gasteiger partial charge in [-0.15, -0.1) is 0 Å². The van der Waals surface area contributed by atoms with Crippen LogP contribution in [-0.4, -0.2) is 59.5 Å². The molecule has 2 fully saturated rings. The van der Waals surface area contributed by atoms with E-state index < -0.39 is 17.7 Å². The number of hydrogen-bond donors (Lipinski definition) is 0. The predicted octanol–water partition coefficient (Wildman–Crippen LogP) is 5.64. The molecule has 6 nitrogen and oxygen atoms in total. The number of rotatable bonds is 6. The van der Waals surface area contributed by atoms with E-state index in [-0.39, 0.29) is 22.2 Å². The summed E-state index contributed by atoms with van der Waals surface area (Å²) < 4.78 is 44.3. The predicted molar refractivity (Wildman–Crippen MR) is 135 cm³/mol. The number of amides is 1. The number of carbonyl (C=O) groups is 1. The Morgan fingerprint density at radius 1 is 1.16 bits per heavy atom. The van der Waals surface area contributed by atoms with Crippen LogP contribution in [0.25, 0.3) is 0 Å². The van der Waals surface area contributed by atoms with Crippen molar-refractivity contribution in [2.45, 2.75) is 50.1 Å². The lowest BCUT2D eigenvalue weighted by Crippen LogP contribution is -2.32. The fraction of sp³-hybridized carbons (Fsp3) is 0.464. The Balaban J connectivity index is 0.00000294. The van der Waals surface area contributed by atoms with Gasteiger partial charge in [0.15, 0.2) is 0 Å². The van der Waals surface area contributed by atoms with Crippen LogP contribution in [0.5, 0.6) is 0 Å². The molecule has 1 saturated carbocycles. The van der Waals surface area contributed by atoms with Gasteiger partial charge in [-0.1, -0.05) is 30.7 Å². The Labute approximate surface area is 219 Å². The molecule has 38 heavy (non-hydrogen) atoms. The first-order chi connectivity index (χ1) is 17.8. The van der Waals surface area contributed by atoms with E-state index in [1.165, 1.54) is 23.5 Å². The van der Waals surface area contributed by atoms with Crippen LogP contribution in [0.3, 0.4) is 0 Å². The summed E-state index contributed by atoms with van der Waals surface area (Å²) in [6, 6.07) is 7.73. The minimum atomic E-state index is -4.55. The third kappa shape index (κ3) is 4.74. The Morgan fingerprint density at radius 2 is 1.92 bits per heavy atom. The van der Waals surface area contributed by atoms with Crippen LogP contribution in [0.15, 0.2) is 69.7 Å². The van der Waals surface area contributed by atoms with Gasteiger partial charge in [0.25, 0.3) is 0 Å². The van der Waals surface area contributed by atoms with Crippen LogP contribution in [0.4, 0.5) is 17.9 Å². The Morgan fingerprint density at radius 3 is 2.55 bits per heavy atom. The highest BCUT2D eigenvalue weighted by atomic mass is 19.4. The van der Waals surface area contributed by atoms with Crippen molar-refractivity contribution in [2.75, 3.05) is 26.7 Å². The zero-order valence-corrected chi connectivity index (χ0v) is 21.2. The number of halogens is 4. The van der Waals surface area contributed by atoms with Gasteiger partial charge in [0.2, 0.25) is 5.91 Å². The summed E-state index contributed by atoms with van der Waals surface area (Å²) in [5.74, 6) is -0.659. The molecule has 1 radical (unpaired) electrons. The van der Waals surface area contributed by atoms with Gasteiger partial charge in [-0.2, -0.15) is 13.2 Å². The van der Waals surface area contributed by atoms with E-state index >= 15 is 0 Å². The summed E-state index contributed by atoms with van der Waals surface area (Å²) in [6.45, 7) is 2.15. The van der Waals surface area contributed by atoms with Crippen molar-refractivity contribution in [3.8, 4) is 0 Å². The molecule has 5 aliphatic rings. The number of nitrogens with zero attached hydrogens (tertiary/aromatic N) is 5. The van der Waals surface area contributed by atoms with E-state index in [1.54, 1.807) is 12.5 Å². The summed E-state index contributed by atoms with van der Waals surface area (Å²) >= 11 is 0. The van der Waals surface area contributed by atoms with Crippen LogP contribution >= 0.6 is 0 Å². The normalized spacial score (nSPS) is 24.9. The van der Waals surface area contributed by atoms with E-state index in [2.05, 4.69) is 15.1 Å². The Bertz CT molecular complexity index is 1250. The molecule has 4 heterocycles. The minimum Gasteiger partial charge on any atom is -0.299 e. The molecule has 2 atom stereocenters. The first kappa shape index (κ1) is 26.5. The molecule has 10 heteroatoms. The Kier molecular flexibility index (Phi) is 7.11. The van der Waals surface area contributed by atoms with E-state index in [0.717, 1.165) is 50.5 Å². The zero-order chi connectivity index (χ0) is 25.7. The molecular formula is C28H31F4N5O+. The molecule has 1 amide bonds. The lowest BCUT2D eigenvalue weighted by Gasteiger charge is -2.34. The molecule has 4 aliphatic heterocycles. The van der Waals surface area contributed by atoms with Gasteiger partial charge in [-0.25, -0.2) is 4.58 Å². The lowest BCUT2D eigenvalue weighted by molar-refractivity contribution is -0.480. The molecule has 0 bridgehead atoms. The molecule has 1 aliphatic carbocycles. The largest absolute Gasteiger partial charge is 0.418 e. The first-order valence-corrected chi connectivity index (χ1v) is 13.0. The second kappa shape index (κ2) is 10.2. The van der Waals surface area contributed by atoms with Crippen molar-refractivity contribution < 1.29 is 27.2 Å². The molecule has 0 spiro atoms. The Hall–Kier alpha value is -3.14. The molecule has 0 aromatic heterocycles. The highest BCUT2D eigenvalue weighted by Gasteiger charge is 2.46. The number of allylic oxidation sites excluding steroid dienone is 1. The zero-order valence-electron chi connectivity index (χ0n) is 21.2. The van der Waals surface area contributed by atoms with Crippen molar-refractivity contribution in [3.05, 3.63) is 76.8 Å². The monoisotopic (exact) mass is 529 g/mol. The van der Waals surface area contributed by atoms with Crippen LogP contribution < -0.4 is 0 Å². The van der Waals surface area contributed by atoms with Crippen molar-refractivity contribution in [1.29, 1.82) is 0 Å². The van der Waals surface area contributed by atoms with Crippen molar-refractivity contribution in [2.24, 2.45) is 16.1 Å². The van der Waals surface area contributed by atoms with E-state index in [4.69, 9.17) is 0 Å². The van der Waals surface area contributed by atoms with Crippen molar-refractivity contribution in [1.82, 2.24) is 9.80 Å². The van der Waals surface area contributed by atoms with Crippen LogP contribution in [-0.2, 0) is 4.79 Å². The average molecular weight is 530 g/mol. The molecule has 1 saturated heterocycles. The highest BCUT2D eigenvalue weighted by molar-refractivity contribution is 5.93. The number of carbonyl (C=O) groups excluding carboxylic acids is 1. The highest BCUT2D eigenvalue weighted by Crippen LogP contribution is 2.47. The topological polar surface area (TPSA) is 51.3 Å².